The summed E-state index contributed by atoms with van der Waals surface area (Å²) in [6.45, 7) is -0.571. The Bertz CT molecular complexity index is 304. The molecular formula is C10H13F2NO. The summed E-state index contributed by atoms with van der Waals surface area (Å²) in [5, 5.41) is 0. The Hall–Kier alpha value is -1.16. The summed E-state index contributed by atoms with van der Waals surface area (Å²) in [5.74, 6) is -0.0868. The minimum absolute atomic E-state index is 0.0945. The lowest BCUT2D eigenvalue weighted by Gasteiger charge is -2.14. The fourth-order valence-corrected chi connectivity index (χ4v) is 1.32. The molecule has 78 valence electrons. The second-order valence-electron chi connectivity index (χ2n) is 2.94. The zero-order valence-electron chi connectivity index (χ0n) is 7.97. The number of hydrogen-bond acceptors (Lipinski definition) is 2. The predicted octanol–water partition coefficient (Wildman–Crippen LogP) is 2.19. The Balaban J connectivity index is 3.03. The van der Waals surface area contributed by atoms with Crippen molar-refractivity contribution < 1.29 is 13.5 Å². The molecule has 0 fully saturated rings. The van der Waals surface area contributed by atoms with Crippen LogP contribution in [0.4, 0.5) is 8.78 Å². The van der Waals surface area contributed by atoms with Crippen molar-refractivity contribution in [2.45, 2.75) is 12.5 Å². The van der Waals surface area contributed by atoms with Crippen molar-refractivity contribution in [1.82, 2.24) is 0 Å². The van der Waals surface area contributed by atoms with E-state index in [2.05, 4.69) is 0 Å². The fraction of sp³-hybridized carbons (Fsp3) is 0.400. The molecule has 0 unspecified atom stereocenters. The lowest BCUT2D eigenvalue weighted by Crippen LogP contribution is -2.14. The first-order valence-electron chi connectivity index (χ1n) is 4.34. The van der Waals surface area contributed by atoms with Crippen molar-refractivity contribution in [3.63, 3.8) is 0 Å². The summed E-state index contributed by atoms with van der Waals surface area (Å²) in [7, 11) is 1.43. The van der Waals surface area contributed by atoms with E-state index in [0.717, 1.165) is 0 Å². The van der Waals surface area contributed by atoms with Gasteiger partial charge in [-0.15, -0.1) is 0 Å². The maximum Gasteiger partial charge on any atom is 0.131 e. The smallest absolute Gasteiger partial charge is 0.131 e. The lowest BCUT2D eigenvalue weighted by molar-refractivity contribution is 0.387. The van der Waals surface area contributed by atoms with Gasteiger partial charge in [0.05, 0.1) is 13.8 Å². The Morgan fingerprint density at radius 3 is 2.79 bits per heavy atom. The van der Waals surface area contributed by atoms with Crippen LogP contribution in [-0.2, 0) is 0 Å². The van der Waals surface area contributed by atoms with Gasteiger partial charge in [-0.1, -0.05) is 6.07 Å². The molecule has 2 nitrogen and oxygen atoms in total. The van der Waals surface area contributed by atoms with E-state index in [9.17, 15) is 8.78 Å². The molecule has 0 aliphatic heterocycles. The first-order valence-corrected chi connectivity index (χ1v) is 4.34. The third kappa shape index (κ3) is 2.20. The molecule has 1 atom stereocenters. The van der Waals surface area contributed by atoms with Crippen LogP contribution < -0.4 is 10.5 Å². The average molecular weight is 201 g/mol. The Kier molecular flexibility index (Phi) is 3.83. The van der Waals surface area contributed by atoms with Gasteiger partial charge in [0.25, 0.3) is 0 Å². The molecule has 1 aromatic rings. The lowest BCUT2D eigenvalue weighted by atomic mass is 10.0. The number of benzene rings is 1. The maximum atomic E-state index is 13.3. The summed E-state index contributed by atoms with van der Waals surface area (Å²) >= 11 is 0. The molecule has 14 heavy (non-hydrogen) atoms. The average Bonchev–Trinajstić information content (AvgIpc) is 2.17. The minimum Gasteiger partial charge on any atom is -0.496 e. The highest BCUT2D eigenvalue weighted by Gasteiger charge is 2.16. The molecular weight excluding hydrogens is 188 g/mol. The summed E-state index contributed by atoms with van der Waals surface area (Å²) in [6, 6.07) is 3.77. The third-order valence-corrected chi connectivity index (χ3v) is 2.02. The minimum atomic E-state index is -0.656. The van der Waals surface area contributed by atoms with Crippen LogP contribution in [0.3, 0.4) is 0 Å². The van der Waals surface area contributed by atoms with Crippen molar-refractivity contribution >= 4 is 0 Å². The first-order chi connectivity index (χ1) is 6.70. The molecule has 0 aliphatic carbocycles. The van der Waals surface area contributed by atoms with Gasteiger partial charge >= 0.3 is 0 Å². The zero-order chi connectivity index (χ0) is 10.6. The molecule has 0 spiro atoms. The van der Waals surface area contributed by atoms with Gasteiger partial charge in [-0.2, -0.15) is 0 Å². The van der Waals surface area contributed by atoms with Crippen LogP contribution in [-0.4, -0.2) is 13.8 Å². The van der Waals surface area contributed by atoms with Crippen LogP contribution in [0.2, 0.25) is 0 Å². The zero-order valence-corrected chi connectivity index (χ0v) is 7.97. The normalized spacial score (nSPS) is 12.6. The molecule has 0 saturated carbocycles. The second kappa shape index (κ2) is 4.91. The fourth-order valence-electron chi connectivity index (χ4n) is 1.32. The molecule has 0 aliphatic rings. The number of nitrogens with two attached hydrogens (primary N) is 1. The number of halogens is 2. The molecule has 2 N–H and O–H groups in total. The van der Waals surface area contributed by atoms with E-state index >= 15 is 0 Å². The molecule has 4 heteroatoms. The van der Waals surface area contributed by atoms with Crippen LogP contribution in [0.5, 0.6) is 5.75 Å². The number of ether oxygens (including phenoxy) is 1. The number of rotatable bonds is 4. The number of hydrogen-bond donors (Lipinski definition) is 1. The van der Waals surface area contributed by atoms with Crippen LogP contribution in [0.15, 0.2) is 18.2 Å². The quantitative estimate of drug-likeness (QED) is 0.810. The van der Waals surface area contributed by atoms with Gasteiger partial charge in [0.1, 0.15) is 11.6 Å². The second-order valence-corrected chi connectivity index (χ2v) is 2.94. The first kappa shape index (κ1) is 10.9. The summed E-state index contributed by atoms with van der Waals surface area (Å²) in [6.07, 6.45) is 0.0945. The van der Waals surface area contributed by atoms with Gasteiger partial charge < -0.3 is 10.5 Å². The largest absolute Gasteiger partial charge is 0.496 e. The van der Waals surface area contributed by atoms with Crippen molar-refractivity contribution in [3.05, 3.63) is 29.6 Å². The van der Waals surface area contributed by atoms with Crippen LogP contribution in [0.1, 0.15) is 18.0 Å². The highest BCUT2D eigenvalue weighted by molar-refractivity contribution is 5.36. The molecule has 0 saturated heterocycles. The summed E-state index contributed by atoms with van der Waals surface area (Å²) in [4.78, 5) is 0. The van der Waals surface area contributed by atoms with E-state index in [4.69, 9.17) is 10.5 Å². The van der Waals surface area contributed by atoms with Crippen molar-refractivity contribution in [2.75, 3.05) is 13.8 Å². The topological polar surface area (TPSA) is 35.2 Å². The maximum absolute atomic E-state index is 13.3. The Morgan fingerprint density at radius 1 is 1.50 bits per heavy atom. The highest BCUT2D eigenvalue weighted by atomic mass is 19.1. The van der Waals surface area contributed by atoms with Crippen LogP contribution in [0, 0.1) is 5.82 Å². The Morgan fingerprint density at radius 2 is 2.21 bits per heavy atom. The van der Waals surface area contributed by atoms with Gasteiger partial charge in [0, 0.05) is 11.6 Å². The van der Waals surface area contributed by atoms with Gasteiger partial charge in [-0.3, -0.25) is 4.39 Å². The van der Waals surface area contributed by atoms with E-state index in [1.165, 1.54) is 19.2 Å². The molecule has 0 amide bonds. The predicted molar refractivity (Wildman–Crippen MR) is 50.5 cm³/mol. The van der Waals surface area contributed by atoms with E-state index in [1.54, 1.807) is 6.07 Å². The summed E-state index contributed by atoms with van der Waals surface area (Å²) < 4.78 is 30.3. The SMILES string of the molecule is COc1cccc(F)c1[C@H](N)CCF. The number of alkyl halides is 1. The van der Waals surface area contributed by atoms with Gasteiger partial charge in [-0.05, 0) is 18.6 Å². The van der Waals surface area contributed by atoms with Crippen LogP contribution >= 0.6 is 0 Å². The molecule has 0 radical (unpaired) electrons. The monoisotopic (exact) mass is 201 g/mol. The highest BCUT2D eigenvalue weighted by Crippen LogP contribution is 2.28. The summed E-state index contributed by atoms with van der Waals surface area (Å²) in [5.41, 5.74) is 5.87. The number of methoxy groups -OCH3 is 1. The molecule has 0 heterocycles. The van der Waals surface area contributed by atoms with E-state index in [1.807, 2.05) is 0 Å². The Labute approximate surface area is 81.7 Å². The van der Waals surface area contributed by atoms with Gasteiger partial charge in [-0.25, -0.2) is 4.39 Å². The molecule has 1 aromatic carbocycles. The van der Waals surface area contributed by atoms with E-state index < -0.39 is 18.5 Å². The van der Waals surface area contributed by atoms with Crippen molar-refractivity contribution in [3.8, 4) is 5.75 Å². The van der Waals surface area contributed by atoms with E-state index in [-0.39, 0.29) is 12.0 Å². The van der Waals surface area contributed by atoms with Crippen molar-refractivity contribution in [2.24, 2.45) is 5.73 Å². The van der Waals surface area contributed by atoms with Gasteiger partial charge in [0.15, 0.2) is 0 Å². The van der Waals surface area contributed by atoms with E-state index in [0.29, 0.717) is 5.75 Å². The standard InChI is InChI=1S/C10H13F2NO/c1-14-9-4-2-3-7(12)10(9)8(13)5-6-11/h2-4,8H,5-6,13H2,1H3/t8-/m1/s1. The van der Waals surface area contributed by atoms with Crippen molar-refractivity contribution in [1.29, 1.82) is 0 Å². The van der Waals surface area contributed by atoms with Crippen LogP contribution in [0.25, 0.3) is 0 Å². The molecule has 0 bridgehead atoms. The van der Waals surface area contributed by atoms with Gasteiger partial charge in [0.2, 0.25) is 0 Å². The third-order valence-electron chi connectivity index (χ3n) is 2.02. The molecule has 0 aromatic heterocycles. The molecule has 1 rings (SSSR count).